The molecule has 1 amide bonds. The summed E-state index contributed by atoms with van der Waals surface area (Å²) in [5, 5.41) is 6.66. The number of hydrogen-bond donors (Lipinski definition) is 2. The van der Waals surface area contributed by atoms with E-state index in [4.69, 9.17) is 0 Å². The van der Waals surface area contributed by atoms with Crippen LogP contribution in [0.4, 0.5) is 0 Å². The maximum Gasteiger partial charge on any atom is 0.237 e. The number of piperidine rings is 2. The Kier molecular flexibility index (Phi) is 11.2. The summed E-state index contributed by atoms with van der Waals surface area (Å²) in [7, 11) is 0. The number of amides is 1. The Morgan fingerprint density at radius 1 is 1.12 bits per heavy atom. The molecule has 0 bridgehead atoms. The first kappa shape index (κ1) is 23.2. The van der Waals surface area contributed by atoms with Gasteiger partial charge in [0.25, 0.3) is 0 Å². The van der Waals surface area contributed by atoms with E-state index < -0.39 is 0 Å². The number of nitrogens with zero attached hydrogens (tertiary/aromatic N) is 1. The molecule has 2 heterocycles. The number of likely N-dealkylation sites (tertiary alicyclic amines) is 1. The highest BCUT2D eigenvalue weighted by Gasteiger charge is 2.28. The summed E-state index contributed by atoms with van der Waals surface area (Å²) < 4.78 is 0. The van der Waals surface area contributed by atoms with Gasteiger partial charge in [0.2, 0.25) is 5.91 Å². The lowest BCUT2D eigenvalue weighted by molar-refractivity contribution is -0.127. The molecule has 2 N–H and O–H groups in total. The summed E-state index contributed by atoms with van der Waals surface area (Å²) in [6.07, 6.45) is 7.02. The van der Waals surface area contributed by atoms with Crippen molar-refractivity contribution in [3.05, 3.63) is 35.9 Å². The second-order valence-corrected chi connectivity index (χ2v) is 7.26. The van der Waals surface area contributed by atoms with Gasteiger partial charge in [0.05, 0.1) is 6.04 Å². The van der Waals surface area contributed by atoms with Gasteiger partial charge in [0.15, 0.2) is 0 Å². The highest BCUT2D eigenvalue weighted by Crippen LogP contribution is 2.20. The first-order valence-electron chi connectivity index (χ1n) is 9.59. The molecule has 148 valence electrons. The maximum atomic E-state index is 12.7. The largest absolute Gasteiger partial charge is 0.355 e. The number of carbonyl (C=O) groups is 1. The molecule has 26 heavy (non-hydrogen) atoms. The van der Waals surface area contributed by atoms with E-state index in [2.05, 4.69) is 39.8 Å². The Labute approximate surface area is 170 Å². The molecule has 2 atom stereocenters. The smallest absolute Gasteiger partial charge is 0.237 e. The van der Waals surface area contributed by atoms with Gasteiger partial charge in [-0.15, -0.1) is 24.8 Å². The summed E-state index contributed by atoms with van der Waals surface area (Å²) in [4.78, 5) is 15.0. The number of carbonyl (C=O) groups excluding carboxylic acids is 1. The van der Waals surface area contributed by atoms with Crippen molar-refractivity contribution in [3.63, 3.8) is 0 Å². The molecule has 0 aliphatic carbocycles. The van der Waals surface area contributed by atoms with Crippen LogP contribution in [0.5, 0.6) is 0 Å². The highest BCUT2D eigenvalue weighted by molar-refractivity contribution is 5.85. The highest BCUT2D eigenvalue weighted by atomic mass is 35.5. The SMILES string of the molecule is Cl.Cl.O=C(NCCC1CCCNC1)C1CCCCN1Cc1ccccc1. The van der Waals surface area contributed by atoms with Gasteiger partial charge in [-0.05, 0) is 63.2 Å². The monoisotopic (exact) mass is 401 g/mol. The van der Waals surface area contributed by atoms with Crippen LogP contribution in [0.1, 0.15) is 44.1 Å². The van der Waals surface area contributed by atoms with Gasteiger partial charge in [-0.3, -0.25) is 9.69 Å². The molecule has 0 aromatic heterocycles. The van der Waals surface area contributed by atoms with E-state index >= 15 is 0 Å². The number of hydrogen-bond acceptors (Lipinski definition) is 3. The van der Waals surface area contributed by atoms with Crippen LogP contribution in [0.15, 0.2) is 30.3 Å². The third kappa shape index (κ3) is 7.07. The second-order valence-electron chi connectivity index (χ2n) is 7.26. The molecule has 1 aromatic carbocycles. The number of halogens is 2. The van der Waals surface area contributed by atoms with Crippen molar-refractivity contribution in [2.75, 3.05) is 26.2 Å². The van der Waals surface area contributed by atoms with Gasteiger partial charge < -0.3 is 10.6 Å². The van der Waals surface area contributed by atoms with Crippen molar-refractivity contribution < 1.29 is 4.79 Å². The van der Waals surface area contributed by atoms with E-state index in [0.29, 0.717) is 0 Å². The Balaban J connectivity index is 0.00000169. The van der Waals surface area contributed by atoms with Gasteiger partial charge in [-0.1, -0.05) is 36.8 Å². The van der Waals surface area contributed by atoms with Crippen LogP contribution in [-0.2, 0) is 11.3 Å². The average molecular weight is 402 g/mol. The Hall–Kier alpha value is -0.810. The van der Waals surface area contributed by atoms with Crippen LogP contribution in [0.2, 0.25) is 0 Å². The molecular formula is C20H33Cl2N3O. The fraction of sp³-hybridized carbons (Fsp3) is 0.650. The molecule has 1 aromatic rings. The standard InChI is InChI=1S/C20H31N3O.2ClH/c24-20(22-13-11-17-9-6-12-21-15-17)19-10-4-5-14-23(19)16-18-7-2-1-3-8-18;;/h1-3,7-8,17,19,21H,4-6,9-16H2,(H,22,24);2*1H. The summed E-state index contributed by atoms with van der Waals surface area (Å²) in [5.41, 5.74) is 1.30. The summed E-state index contributed by atoms with van der Waals surface area (Å²) >= 11 is 0. The van der Waals surface area contributed by atoms with E-state index in [9.17, 15) is 4.79 Å². The van der Waals surface area contributed by atoms with Crippen molar-refractivity contribution in [1.82, 2.24) is 15.5 Å². The predicted molar refractivity (Wildman–Crippen MR) is 112 cm³/mol. The molecule has 3 rings (SSSR count). The Morgan fingerprint density at radius 2 is 1.92 bits per heavy atom. The molecule has 2 aliphatic rings. The number of nitrogens with one attached hydrogen (secondary N) is 2. The molecule has 0 spiro atoms. The van der Waals surface area contributed by atoms with E-state index in [1.54, 1.807) is 0 Å². The van der Waals surface area contributed by atoms with Gasteiger partial charge in [-0.2, -0.15) is 0 Å². The Bertz CT molecular complexity index is 509. The molecule has 0 saturated carbocycles. The summed E-state index contributed by atoms with van der Waals surface area (Å²) in [6, 6.07) is 10.5. The second kappa shape index (κ2) is 12.6. The third-order valence-corrected chi connectivity index (χ3v) is 5.40. The topological polar surface area (TPSA) is 44.4 Å². The molecule has 6 heteroatoms. The first-order valence-corrected chi connectivity index (χ1v) is 9.59. The van der Waals surface area contributed by atoms with E-state index in [0.717, 1.165) is 57.9 Å². The van der Waals surface area contributed by atoms with Gasteiger partial charge >= 0.3 is 0 Å². The van der Waals surface area contributed by atoms with Crippen molar-refractivity contribution in [3.8, 4) is 0 Å². The molecule has 2 unspecified atom stereocenters. The zero-order chi connectivity index (χ0) is 16.6. The van der Waals surface area contributed by atoms with Crippen LogP contribution in [0.25, 0.3) is 0 Å². The van der Waals surface area contributed by atoms with Gasteiger partial charge in [0.1, 0.15) is 0 Å². The molecule has 0 radical (unpaired) electrons. The van der Waals surface area contributed by atoms with Gasteiger partial charge in [0, 0.05) is 13.1 Å². The number of rotatable bonds is 6. The average Bonchev–Trinajstić information content (AvgIpc) is 2.64. The molecule has 2 aliphatic heterocycles. The Morgan fingerprint density at radius 3 is 2.65 bits per heavy atom. The minimum absolute atomic E-state index is 0. The summed E-state index contributed by atoms with van der Waals surface area (Å²) in [6.45, 7) is 4.99. The van der Waals surface area contributed by atoms with Crippen molar-refractivity contribution in [2.24, 2.45) is 5.92 Å². The zero-order valence-corrected chi connectivity index (χ0v) is 17.1. The van der Waals surface area contributed by atoms with Crippen LogP contribution in [-0.4, -0.2) is 43.0 Å². The molecular weight excluding hydrogens is 369 g/mol. The molecule has 4 nitrogen and oxygen atoms in total. The normalized spacial score (nSPS) is 23.4. The lowest BCUT2D eigenvalue weighted by Gasteiger charge is -2.34. The van der Waals surface area contributed by atoms with Crippen LogP contribution in [0.3, 0.4) is 0 Å². The maximum absolute atomic E-state index is 12.7. The summed E-state index contributed by atoms with van der Waals surface area (Å²) in [5.74, 6) is 0.959. The third-order valence-electron chi connectivity index (χ3n) is 5.40. The quantitative estimate of drug-likeness (QED) is 0.767. The molecule has 2 saturated heterocycles. The van der Waals surface area contributed by atoms with Crippen molar-refractivity contribution in [1.29, 1.82) is 0 Å². The van der Waals surface area contributed by atoms with Crippen LogP contribution in [0, 0.1) is 5.92 Å². The lowest BCUT2D eigenvalue weighted by atomic mass is 9.96. The van der Waals surface area contributed by atoms with Crippen molar-refractivity contribution >= 4 is 30.7 Å². The lowest BCUT2D eigenvalue weighted by Crippen LogP contribution is -2.49. The van der Waals surface area contributed by atoms with E-state index in [1.165, 1.54) is 24.8 Å². The van der Waals surface area contributed by atoms with E-state index in [1.807, 2.05) is 6.07 Å². The predicted octanol–water partition coefficient (Wildman–Crippen LogP) is 3.39. The van der Waals surface area contributed by atoms with E-state index in [-0.39, 0.29) is 36.8 Å². The van der Waals surface area contributed by atoms with Gasteiger partial charge in [-0.25, -0.2) is 0 Å². The molecule has 2 fully saturated rings. The zero-order valence-electron chi connectivity index (χ0n) is 15.5. The minimum atomic E-state index is 0. The van der Waals surface area contributed by atoms with Crippen molar-refractivity contribution in [2.45, 2.75) is 51.1 Å². The fourth-order valence-corrected chi connectivity index (χ4v) is 3.98. The first-order chi connectivity index (χ1) is 11.8. The minimum Gasteiger partial charge on any atom is -0.355 e. The van der Waals surface area contributed by atoms with Crippen LogP contribution >= 0.6 is 24.8 Å². The number of benzene rings is 1. The van der Waals surface area contributed by atoms with Crippen LogP contribution < -0.4 is 10.6 Å². The fourth-order valence-electron chi connectivity index (χ4n) is 3.98.